The molecule has 0 bridgehead atoms. The van der Waals surface area contributed by atoms with Crippen molar-refractivity contribution in [3.05, 3.63) is 66.4 Å². The molecule has 16 heteroatoms. The van der Waals surface area contributed by atoms with Gasteiger partial charge in [-0.3, -0.25) is 19.3 Å². The van der Waals surface area contributed by atoms with Crippen molar-refractivity contribution in [3.63, 3.8) is 0 Å². The van der Waals surface area contributed by atoms with Gasteiger partial charge in [-0.2, -0.15) is 0 Å². The van der Waals surface area contributed by atoms with Gasteiger partial charge < -0.3 is 25.1 Å². The number of amides is 7. The molecule has 3 fully saturated rings. The van der Waals surface area contributed by atoms with Crippen LogP contribution in [0.4, 0.5) is 15.3 Å². The summed E-state index contributed by atoms with van der Waals surface area (Å²) in [6.07, 6.45) is 2.34. The number of piperidine rings is 1. The van der Waals surface area contributed by atoms with Gasteiger partial charge in [0.25, 0.3) is 17.7 Å². The van der Waals surface area contributed by atoms with Crippen LogP contribution in [0.3, 0.4) is 0 Å². The largest absolute Gasteiger partial charge is 0.379 e. The molecule has 3 aliphatic heterocycles. The number of carbonyl (C=O) groups is 6. The number of nitrogens with zero attached hydrogens (tertiary/aromatic N) is 6. The van der Waals surface area contributed by atoms with Gasteiger partial charge in [0.15, 0.2) is 0 Å². The summed E-state index contributed by atoms with van der Waals surface area (Å²) in [5.74, 6) is -2.05. The molecule has 0 saturated carbocycles. The van der Waals surface area contributed by atoms with Crippen LogP contribution in [0, 0.1) is 0 Å². The van der Waals surface area contributed by atoms with Crippen molar-refractivity contribution in [1.29, 1.82) is 0 Å². The molecule has 7 amide bonds. The molecule has 3 aliphatic rings. The number of rotatable bonds is 11. The molecule has 1 spiro atoms. The molecular formula is C32H34N8O8. The molecule has 16 nitrogen and oxygen atoms in total. The first-order valence-electron chi connectivity index (χ1n) is 15.6. The summed E-state index contributed by atoms with van der Waals surface area (Å²) in [4.78, 5) is 81.5. The maximum absolute atomic E-state index is 13.3. The van der Waals surface area contributed by atoms with Crippen molar-refractivity contribution >= 4 is 41.4 Å². The number of nitrogens with one attached hydrogen (secondary N) is 2. The highest BCUT2D eigenvalue weighted by Gasteiger charge is 2.52. The van der Waals surface area contributed by atoms with Crippen LogP contribution < -0.4 is 10.6 Å². The molecule has 2 N–H and O–H groups in total. The Balaban J connectivity index is 0.918. The Morgan fingerprint density at radius 3 is 2.33 bits per heavy atom. The number of likely N-dealkylation sites (tertiary alicyclic amines) is 1. The quantitative estimate of drug-likeness (QED) is 0.176. The number of hydrogen-bond acceptors (Lipinski definition) is 10. The van der Waals surface area contributed by atoms with Gasteiger partial charge in [0.2, 0.25) is 0 Å². The highest BCUT2D eigenvalue weighted by molar-refractivity contribution is 6.07. The molecule has 0 atom stereocenters. The molecule has 0 aliphatic carbocycles. The lowest BCUT2D eigenvalue weighted by atomic mass is 9.87. The molecule has 0 unspecified atom stereocenters. The number of imide groups is 2. The van der Waals surface area contributed by atoms with Crippen molar-refractivity contribution in [2.75, 3.05) is 31.6 Å². The Morgan fingerprint density at radius 1 is 0.917 bits per heavy atom. The van der Waals surface area contributed by atoms with Gasteiger partial charge in [0.1, 0.15) is 11.2 Å². The monoisotopic (exact) mass is 658 g/mol. The van der Waals surface area contributed by atoms with Crippen molar-refractivity contribution in [2.24, 2.45) is 0 Å². The van der Waals surface area contributed by atoms with Gasteiger partial charge in [-0.05, 0) is 30.5 Å². The van der Waals surface area contributed by atoms with Crippen molar-refractivity contribution < 1.29 is 38.3 Å². The second kappa shape index (κ2) is 14.0. The van der Waals surface area contributed by atoms with E-state index in [2.05, 4.69) is 20.9 Å². The van der Waals surface area contributed by atoms with E-state index >= 15 is 0 Å². The second-order valence-electron chi connectivity index (χ2n) is 11.7. The van der Waals surface area contributed by atoms with Crippen LogP contribution in [0.1, 0.15) is 37.7 Å². The van der Waals surface area contributed by atoms with Crippen LogP contribution in [0.15, 0.2) is 60.8 Å². The fourth-order valence-electron chi connectivity index (χ4n) is 5.70. The van der Waals surface area contributed by atoms with Crippen LogP contribution in [0.5, 0.6) is 0 Å². The zero-order valence-electron chi connectivity index (χ0n) is 26.0. The molecule has 4 heterocycles. The molecule has 0 radical (unpaired) electrons. The zero-order valence-corrected chi connectivity index (χ0v) is 26.0. The average molecular weight is 659 g/mol. The van der Waals surface area contributed by atoms with E-state index in [1.54, 1.807) is 40.0 Å². The smallest absolute Gasteiger partial charge is 0.335 e. The number of anilines is 1. The number of carbonyl (C=O) groups excluding carboxylic acids is 6. The Hall–Kier alpha value is -5.64. The summed E-state index contributed by atoms with van der Waals surface area (Å²) in [6.45, 7) is 1.49. The van der Waals surface area contributed by atoms with Crippen LogP contribution in [-0.2, 0) is 41.8 Å². The maximum Gasteiger partial charge on any atom is 0.335 e. The highest BCUT2D eigenvalue weighted by atomic mass is 16.7. The van der Waals surface area contributed by atoms with Crippen LogP contribution >= 0.6 is 0 Å². The van der Waals surface area contributed by atoms with E-state index in [9.17, 15) is 28.8 Å². The third-order valence-electron chi connectivity index (χ3n) is 8.42. The SMILES string of the molecule is O=C(CCOCCn1cc(-c2ccc(NC(=O)N3CCC4(CC3)NC(=O)N(Cc3ccccc3)C4=O)cc2)nn1)ON1C(=O)CCC1=O. The maximum atomic E-state index is 13.3. The molecule has 3 aromatic rings. The summed E-state index contributed by atoms with van der Waals surface area (Å²) in [5, 5.41) is 14.5. The number of benzene rings is 2. The number of ether oxygens (including phenoxy) is 1. The van der Waals surface area contributed by atoms with Crippen LogP contribution in [0.25, 0.3) is 11.3 Å². The first-order chi connectivity index (χ1) is 23.2. The third kappa shape index (κ3) is 7.17. The predicted molar refractivity (Wildman–Crippen MR) is 166 cm³/mol. The second-order valence-corrected chi connectivity index (χ2v) is 11.7. The Labute approximate surface area is 274 Å². The summed E-state index contributed by atoms with van der Waals surface area (Å²) in [5.41, 5.74) is 1.84. The number of hydrogen-bond donors (Lipinski definition) is 2. The molecular weight excluding hydrogens is 624 g/mol. The van der Waals surface area contributed by atoms with Gasteiger partial charge in [-0.15, -0.1) is 10.2 Å². The van der Waals surface area contributed by atoms with E-state index in [1.807, 2.05) is 30.3 Å². The summed E-state index contributed by atoms with van der Waals surface area (Å²) >= 11 is 0. The van der Waals surface area contributed by atoms with E-state index in [1.165, 1.54) is 4.90 Å². The Kier molecular flexibility index (Phi) is 9.43. The van der Waals surface area contributed by atoms with Crippen LogP contribution in [0.2, 0.25) is 0 Å². The first-order valence-corrected chi connectivity index (χ1v) is 15.6. The number of urea groups is 2. The fourth-order valence-corrected chi connectivity index (χ4v) is 5.70. The minimum Gasteiger partial charge on any atom is -0.379 e. The molecule has 3 saturated heterocycles. The average Bonchev–Trinajstić information content (AvgIpc) is 3.75. The van der Waals surface area contributed by atoms with Crippen molar-refractivity contribution in [2.45, 2.75) is 50.7 Å². The van der Waals surface area contributed by atoms with Crippen molar-refractivity contribution in [1.82, 2.24) is 35.2 Å². The van der Waals surface area contributed by atoms with Crippen LogP contribution in [-0.4, -0.2) is 97.5 Å². The lowest BCUT2D eigenvalue weighted by Gasteiger charge is -2.37. The minimum atomic E-state index is -1.000. The zero-order chi connectivity index (χ0) is 33.7. The van der Waals surface area contributed by atoms with Gasteiger partial charge in [-0.1, -0.05) is 47.7 Å². The molecule has 6 rings (SSSR count). The van der Waals surface area contributed by atoms with E-state index in [4.69, 9.17) is 9.57 Å². The fraction of sp³-hybridized carbons (Fsp3) is 0.375. The summed E-state index contributed by atoms with van der Waals surface area (Å²) in [6, 6.07) is 15.7. The normalized spacial score (nSPS) is 17.3. The molecule has 1 aromatic heterocycles. The minimum absolute atomic E-state index is 0.0347. The lowest BCUT2D eigenvalue weighted by molar-refractivity contribution is -0.198. The first kappa shape index (κ1) is 32.3. The predicted octanol–water partition coefficient (Wildman–Crippen LogP) is 2.08. The van der Waals surface area contributed by atoms with Gasteiger partial charge in [-0.25, -0.2) is 19.1 Å². The molecule has 48 heavy (non-hydrogen) atoms. The number of aromatic nitrogens is 3. The Morgan fingerprint density at radius 2 is 1.62 bits per heavy atom. The number of hydroxylamine groups is 2. The van der Waals surface area contributed by atoms with Gasteiger partial charge >= 0.3 is 18.0 Å². The standard InChI is InChI=1S/C32H34N8O8/c41-26-10-11-27(42)40(26)48-28(43)12-18-47-19-17-38-21-25(35-36-38)23-6-8-24(9-7-23)33-30(45)37-15-13-32(14-16-37)29(44)39(31(46)34-32)20-22-4-2-1-3-5-22/h1-9,21H,10-20H2,(H,33,45)(H,34,46). The van der Waals surface area contributed by atoms with Gasteiger partial charge in [0, 0.05) is 37.2 Å². The van der Waals surface area contributed by atoms with Gasteiger partial charge in [0.05, 0.1) is 38.9 Å². The highest BCUT2D eigenvalue weighted by Crippen LogP contribution is 2.31. The van der Waals surface area contributed by atoms with E-state index in [0.29, 0.717) is 48.9 Å². The summed E-state index contributed by atoms with van der Waals surface area (Å²) in [7, 11) is 0. The molecule has 2 aromatic carbocycles. The topological polar surface area (TPSA) is 185 Å². The van der Waals surface area contributed by atoms with E-state index in [-0.39, 0.29) is 51.0 Å². The van der Waals surface area contributed by atoms with Crippen molar-refractivity contribution in [3.8, 4) is 11.3 Å². The van der Waals surface area contributed by atoms with E-state index < -0.39 is 29.4 Å². The lowest BCUT2D eigenvalue weighted by Crippen LogP contribution is -2.56. The summed E-state index contributed by atoms with van der Waals surface area (Å²) < 4.78 is 7.04. The molecule has 250 valence electrons. The Bertz CT molecular complexity index is 1690. The third-order valence-corrected chi connectivity index (χ3v) is 8.42. The van der Waals surface area contributed by atoms with E-state index in [0.717, 1.165) is 11.1 Å².